The summed E-state index contributed by atoms with van der Waals surface area (Å²) in [6.45, 7) is 5.06. The van der Waals surface area contributed by atoms with Crippen LogP contribution in [0.25, 0.3) is 0 Å². The van der Waals surface area contributed by atoms with Gasteiger partial charge in [0.1, 0.15) is 0 Å². The largest absolute Gasteiger partial charge is 0.481 e. The van der Waals surface area contributed by atoms with Crippen LogP contribution in [0.2, 0.25) is 0 Å². The molecule has 1 aromatic rings. The highest BCUT2D eigenvalue weighted by Crippen LogP contribution is 2.43. The molecule has 0 bridgehead atoms. The standard InChI is InChI=1S/C18H25FN2O3.ClH/c1-13-2-3-15(19)16(8-13)24-11-17(22)21-10-14(9-20)18(12-21)4-6-23-7-5-18;/h2-3,8,14H,4-7,9-12,20H2,1H3;1H/t14-;/m0./s1. The number of likely N-dealkylation sites (tertiary alicyclic amines) is 1. The van der Waals surface area contributed by atoms with Crippen molar-refractivity contribution in [1.82, 2.24) is 4.90 Å². The lowest BCUT2D eigenvalue weighted by Crippen LogP contribution is -2.40. The van der Waals surface area contributed by atoms with Gasteiger partial charge in [0.05, 0.1) is 0 Å². The van der Waals surface area contributed by atoms with Gasteiger partial charge in [-0.05, 0) is 55.3 Å². The maximum absolute atomic E-state index is 13.7. The molecule has 1 spiro atoms. The highest BCUT2D eigenvalue weighted by atomic mass is 35.5. The number of carbonyl (C=O) groups is 1. The summed E-state index contributed by atoms with van der Waals surface area (Å²) in [6.07, 6.45) is 1.87. The lowest BCUT2D eigenvalue weighted by molar-refractivity contribution is -0.133. The van der Waals surface area contributed by atoms with Crippen LogP contribution in [0.3, 0.4) is 0 Å². The molecule has 2 N–H and O–H groups in total. The number of halogens is 2. The van der Waals surface area contributed by atoms with E-state index in [4.69, 9.17) is 15.2 Å². The summed E-state index contributed by atoms with van der Waals surface area (Å²) in [5.41, 5.74) is 6.90. The third kappa shape index (κ3) is 4.25. The Hall–Kier alpha value is -1.37. The van der Waals surface area contributed by atoms with Crippen LogP contribution >= 0.6 is 12.4 Å². The van der Waals surface area contributed by atoms with E-state index in [0.29, 0.717) is 25.6 Å². The topological polar surface area (TPSA) is 64.8 Å². The monoisotopic (exact) mass is 372 g/mol. The molecule has 0 unspecified atom stereocenters. The third-order valence-electron chi connectivity index (χ3n) is 5.38. The number of ether oxygens (including phenoxy) is 2. The van der Waals surface area contributed by atoms with Gasteiger partial charge in [-0.15, -0.1) is 12.4 Å². The number of rotatable bonds is 4. The molecule has 2 aliphatic rings. The number of carbonyl (C=O) groups excluding carboxylic acids is 1. The molecule has 0 aliphatic carbocycles. The van der Waals surface area contributed by atoms with E-state index in [9.17, 15) is 9.18 Å². The summed E-state index contributed by atoms with van der Waals surface area (Å²) in [5, 5.41) is 0. The van der Waals surface area contributed by atoms with E-state index in [-0.39, 0.29) is 36.1 Å². The highest BCUT2D eigenvalue weighted by Gasteiger charge is 2.47. The molecule has 1 aromatic carbocycles. The van der Waals surface area contributed by atoms with Crippen LogP contribution in [-0.4, -0.2) is 50.3 Å². The fourth-order valence-corrected chi connectivity index (χ4v) is 3.84. The van der Waals surface area contributed by atoms with Crippen LogP contribution in [0.4, 0.5) is 4.39 Å². The molecule has 2 saturated heterocycles. The molecule has 2 heterocycles. The first-order valence-electron chi connectivity index (χ1n) is 8.48. The lowest BCUT2D eigenvalue weighted by atomic mass is 9.72. The summed E-state index contributed by atoms with van der Waals surface area (Å²) in [6, 6.07) is 4.63. The zero-order chi connectivity index (χ0) is 17.2. The van der Waals surface area contributed by atoms with E-state index >= 15 is 0 Å². The minimum atomic E-state index is -0.449. The molecule has 2 fully saturated rings. The fraction of sp³-hybridized carbons (Fsp3) is 0.611. The molecular formula is C18H26ClFN2O3. The Balaban J connectivity index is 0.00000225. The van der Waals surface area contributed by atoms with E-state index in [1.807, 2.05) is 11.8 Å². The normalized spacial score (nSPS) is 21.9. The lowest BCUT2D eigenvalue weighted by Gasteiger charge is -2.37. The number of hydrogen-bond donors (Lipinski definition) is 1. The SMILES string of the molecule is Cc1ccc(F)c(OCC(=O)N2C[C@H](CN)C3(CCOCC3)C2)c1.Cl. The Labute approximate surface area is 154 Å². The molecule has 0 aromatic heterocycles. The average Bonchev–Trinajstić information content (AvgIpc) is 2.94. The molecule has 5 nitrogen and oxygen atoms in total. The summed E-state index contributed by atoms with van der Waals surface area (Å²) in [4.78, 5) is 14.3. The third-order valence-corrected chi connectivity index (χ3v) is 5.38. The van der Waals surface area contributed by atoms with Gasteiger partial charge < -0.3 is 20.1 Å². The Morgan fingerprint density at radius 2 is 2.16 bits per heavy atom. The van der Waals surface area contributed by atoms with Crippen molar-refractivity contribution in [1.29, 1.82) is 0 Å². The van der Waals surface area contributed by atoms with Crippen molar-refractivity contribution >= 4 is 18.3 Å². The van der Waals surface area contributed by atoms with Gasteiger partial charge in [0, 0.05) is 26.3 Å². The van der Waals surface area contributed by atoms with Crippen molar-refractivity contribution in [3.63, 3.8) is 0 Å². The van der Waals surface area contributed by atoms with Gasteiger partial charge in [0.15, 0.2) is 18.2 Å². The first kappa shape index (κ1) is 19.9. The molecule has 0 radical (unpaired) electrons. The molecule has 1 atom stereocenters. The summed E-state index contributed by atoms with van der Waals surface area (Å²) >= 11 is 0. The number of hydrogen-bond acceptors (Lipinski definition) is 4. The first-order valence-corrected chi connectivity index (χ1v) is 8.48. The van der Waals surface area contributed by atoms with Gasteiger partial charge in [-0.3, -0.25) is 4.79 Å². The number of amides is 1. The second-order valence-corrected chi connectivity index (χ2v) is 6.90. The minimum absolute atomic E-state index is 0. The number of benzene rings is 1. The first-order chi connectivity index (χ1) is 11.5. The summed E-state index contributed by atoms with van der Waals surface area (Å²) in [7, 11) is 0. The molecule has 1 amide bonds. The van der Waals surface area contributed by atoms with Gasteiger partial charge in [-0.25, -0.2) is 4.39 Å². The van der Waals surface area contributed by atoms with Crippen LogP contribution in [0, 0.1) is 24.1 Å². The Morgan fingerprint density at radius 3 is 2.84 bits per heavy atom. The van der Waals surface area contributed by atoms with Gasteiger partial charge >= 0.3 is 0 Å². The fourth-order valence-electron chi connectivity index (χ4n) is 3.84. The maximum atomic E-state index is 13.7. The van der Waals surface area contributed by atoms with E-state index in [1.54, 1.807) is 12.1 Å². The quantitative estimate of drug-likeness (QED) is 0.879. The van der Waals surface area contributed by atoms with Crippen molar-refractivity contribution in [3.8, 4) is 5.75 Å². The van der Waals surface area contributed by atoms with E-state index in [1.165, 1.54) is 6.07 Å². The second-order valence-electron chi connectivity index (χ2n) is 6.90. The van der Waals surface area contributed by atoms with Gasteiger partial charge in [-0.2, -0.15) is 0 Å². The molecule has 3 rings (SSSR count). The number of nitrogens with zero attached hydrogens (tertiary/aromatic N) is 1. The zero-order valence-electron chi connectivity index (χ0n) is 14.5. The maximum Gasteiger partial charge on any atom is 0.260 e. The summed E-state index contributed by atoms with van der Waals surface area (Å²) in [5.74, 6) is -0.145. The zero-order valence-corrected chi connectivity index (χ0v) is 15.3. The van der Waals surface area contributed by atoms with E-state index < -0.39 is 5.82 Å². The Kier molecular flexibility index (Phi) is 6.65. The molecule has 0 saturated carbocycles. The van der Waals surface area contributed by atoms with Crippen LogP contribution < -0.4 is 10.5 Å². The van der Waals surface area contributed by atoms with Crippen LogP contribution in [0.5, 0.6) is 5.75 Å². The minimum Gasteiger partial charge on any atom is -0.481 e. The van der Waals surface area contributed by atoms with Crippen LogP contribution in [-0.2, 0) is 9.53 Å². The molecule has 2 aliphatic heterocycles. The highest BCUT2D eigenvalue weighted by molar-refractivity contribution is 5.85. The van der Waals surface area contributed by atoms with Gasteiger partial charge in [-0.1, -0.05) is 6.07 Å². The van der Waals surface area contributed by atoms with E-state index in [2.05, 4.69) is 0 Å². The Morgan fingerprint density at radius 1 is 1.44 bits per heavy atom. The van der Waals surface area contributed by atoms with E-state index in [0.717, 1.165) is 31.6 Å². The summed E-state index contributed by atoms with van der Waals surface area (Å²) < 4.78 is 24.6. The van der Waals surface area contributed by atoms with Gasteiger partial charge in [0.2, 0.25) is 0 Å². The number of nitrogens with two attached hydrogens (primary N) is 1. The molecule has 140 valence electrons. The van der Waals surface area contributed by atoms with Crippen molar-refractivity contribution in [2.24, 2.45) is 17.1 Å². The van der Waals surface area contributed by atoms with Crippen LogP contribution in [0.1, 0.15) is 18.4 Å². The Bertz CT molecular complexity index is 608. The predicted molar refractivity (Wildman–Crippen MR) is 95.5 cm³/mol. The molecule has 25 heavy (non-hydrogen) atoms. The average molecular weight is 373 g/mol. The van der Waals surface area contributed by atoms with Crippen molar-refractivity contribution in [2.75, 3.05) is 39.5 Å². The van der Waals surface area contributed by atoms with Crippen molar-refractivity contribution in [2.45, 2.75) is 19.8 Å². The predicted octanol–water partition coefficient (Wildman–Crippen LogP) is 2.15. The smallest absolute Gasteiger partial charge is 0.260 e. The van der Waals surface area contributed by atoms with Crippen molar-refractivity contribution < 1.29 is 18.7 Å². The second kappa shape index (κ2) is 8.34. The molecular weight excluding hydrogens is 347 g/mol. The van der Waals surface area contributed by atoms with Crippen molar-refractivity contribution in [3.05, 3.63) is 29.6 Å². The van der Waals surface area contributed by atoms with Gasteiger partial charge in [0.25, 0.3) is 5.91 Å². The molecule has 7 heteroatoms. The van der Waals surface area contributed by atoms with Crippen LogP contribution in [0.15, 0.2) is 18.2 Å². The number of aryl methyl sites for hydroxylation is 1.